The van der Waals surface area contributed by atoms with Crippen LogP contribution in [0.3, 0.4) is 0 Å². The van der Waals surface area contributed by atoms with E-state index in [0.29, 0.717) is 31.4 Å². The molecule has 7 heteroatoms. The Morgan fingerprint density at radius 1 is 1.17 bits per heavy atom. The molecule has 3 amide bonds. The van der Waals surface area contributed by atoms with Crippen molar-refractivity contribution in [1.82, 2.24) is 15.1 Å². The molecule has 0 saturated carbocycles. The van der Waals surface area contributed by atoms with Crippen LogP contribution in [0.1, 0.15) is 68.3 Å². The van der Waals surface area contributed by atoms with E-state index >= 15 is 0 Å². The summed E-state index contributed by atoms with van der Waals surface area (Å²) < 4.78 is 0. The van der Waals surface area contributed by atoms with E-state index < -0.39 is 11.7 Å². The van der Waals surface area contributed by atoms with E-state index in [4.69, 9.17) is 0 Å². The maximum Gasteiger partial charge on any atom is 0.255 e. The Balaban J connectivity index is 1.50. The fourth-order valence-electron chi connectivity index (χ4n) is 5.02. The van der Waals surface area contributed by atoms with Gasteiger partial charge in [0.15, 0.2) is 0 Å². The molecule has 1 aromatic rings. The van der Waals surface area contributed by atoms with Gasteiger partial charge in [0.25, 0.3) is 5.91 Å². The minimum Gasteiger partial charge on any atom is -0.362 e. The number of piperidine rings is 1. The molecule has 162 valence electrons. The van der Waals surface area contributed by atoms with Gasteiger partial charge in [0, 0.05) is 37.7 Å². The number of fused-ring (bicyclic) bond motifs is 1. The number of nitrogens with one attached hydrogen (secondary N) is 2. The summed E-state index contributed by atoms with van der Waals surface area (Å²) in [4.78, 5) is 42.4. The third-order valence-electron chi connectivity index (χ3n) is 6.92. The number of nitrogens with zero attached hydrogens (tertiary/aromatic N) is 2. The lowest BCUT2D eigenvalue weighted by Gasteiger charge is -2.40. The smallest absolute Gasteiger partial charge is 0.255 e. The van der Waals surface area contributed by atoms with Crippen molar-refractivity contribution in [2.75, 3.05) is 18.4 Å². The summed E-state index contributed by atoms with van der Waals surface area (Å²) in [7, 11) is 0. The Morgan fingerprint density at radius 3 is 2.73 bits per heavy atom. The molecule has 3 aliphatic heterocycles. The lowest BCUT2D eigenvalue weighted by Crippen LogP contribution is -2.58. The van der Waals surface area contributed by atoms with Gasteiger partial charge in [-0.15, -0.1) is 0 Å². The first kappa shape index (κ1) is 20.7. The van der Waals surface area contributed by atoms with Crippen molar-refractivity contribution in [2.24, 2.45) is 0 Å². The molecule has 2 fully saturated rings. The Labute approximate surface area is 178 Å². The van der Waals surface area contributed by atoms with Crippen molar-refractivity contribution >= 4 is 23.4 Å². The molecular weight excluding hydrogens is 380 g/mol. The highest BCUT2D eigenvalue weighted by Crippen LogP contribution is 2.33. The van der Waals surface area contributed by atoms with Gasteiger partial charge in [-0.2, -0.15) is 0 Å². The molecule has 1 spiro atoms. The van der Waals surface area contributed by atoms with Gasteiger partial charge in [-0.05, 0) is 64.2 Å². The molecule has 1 aromatic carbocycles. The second-order valence-corrected chi connectivity index (χ2v) is 9.10. The number of rotatable bonds is 2. The molecule has 7 nitrogen and oxygen atoms in total. The van der Waals surface area contributed by atoms with Crippen LogP contribution in [-0.2, 0) is 9.59 Å². The molecule has 0 aliphatic carbocycles. The summed E-state index contributed by atoms with van der Waals surface area (Å²) in [5, 5.41) is 6.60. The first-order chi connectivity index (χ1) is 14.3. The normalized spacial score (nSPS) is 27.8. The van der Waals surface area contributed by atoms with Gasteiger partial charge in [-0.25, -0.2) is 0 Å². The fourth-order valence-corrected chi connectivity index (χ4v) is 5.02. The Kier molecular flexibility index (Phi) is 5.47. The maximum absolute atomic E-state index is 13.1. The zero-order valence-electron chi connectivity index (χ0n) is 18.2. The fraction of sp³-hybridized carbons (Fsp3) is 0.609. The van der Waals surface area contributed by atoms with E-state index in [-0.39, 0.29) is 23.8 Å². The van der Waals surface area contributed by atoms with E-state index in [1.807, 2.05) is 36.9 Å². The minimum atomic E-state index is -0.663. The monoisotopic (exact) mass is 412 g/mol. The van der Waals surface area contributed by atoms with Gasteiger partial charge in [0.2, 0.25) is 11.8 Å². The largest absolute Gasteiger partial charge is 0.362 e. The Hall–Kier alpha value is -2.57. The average molecular weight is 413 g/mol. The van der Waals surface area contributed by atoms with Crippen molar-refractivity contribution in [2.45, 2.75) is 77.0 Å². The van der Waals surface area contributed by atoms with Gasteiger partial charge in [-0.1, -0.05) is 6.07 Å². The standard InChI is InChI=1S/C23H32N4O3/c1-15-7-8-18-19(14-15)24-23(25-21(18)29)10-9-20(28)27(13-11-23)17(3)22(30)26-12-5-4-6-16(26)2/h7-8,14,16-17,24H,4-6,9-13H2,1-3H3,(H,25,29)/t16-,17+,23+/m0/s1. The maximum atomic E-state index is 13.1. The van der Waals surface area contributed by atoms with Gasteiger partial charge in [0.1, 0.15) is 11.7 Å². The summed E-state index contributed by atoms with van der Waals surface area (Å²) in [6.07, 6.45) is 4.55. The van der Waals surface area contributed by atoms with Crippen LogP contribution < -0.4 is 10.6 Å². The number of anilines is 1. The molecule has 4 rings (SSSR count). The number of hydrogen-bond acceptors (Lipinski definition) is 4. The SMILES string of the molecule is Cc1ccc2c(c1)N[C@]1(CCC(=O)N([C@H](C)C(=O)N3CCCC[C@@H]3C)CC1)NC2=O. The topological polar surface area (TPSA) is 81.8 Å². The molecule has 3 atom stereocenters. The zero-order chi connectivity index (χ0) is 21.5. The van der Waals surface area contributed by atoms with E-state index in [0.717, 1.165) is 37.1 Å². The van der Waals surface area contributed by atoms with Gasteiger partial charge < -0.3 is 20.4 Å². The van der Waals surface area contributed by atoms with Crippen LogP contribution in [0.15, 0.2) is 18.2 Å². The average Bonchev–Trinajstić information content (AvgIpc) is 2.86. The van der Waals surface area contributed by atoms with E-state index in [1.54, 1.807) is 4.90 Å². The van der Waals surface area contributed by atoms with Gasteiger partial charge in [0.05, 0.1) is 5.56 Å². The van der Waals surface area contributed by atoms with Crippen LogP contribution in [0.2, 0.25) is 0 Å². The predicted molar refractivity (Wildman–Crippen MR) is 115 cm³/mol. The highest BCUT2D eigenvalue weighted by atomic mass is 16.2. The first-order valence-electron chi connectivity index (χ1n) is 11.1. The molecule has 0 unspecified atom stereocenters. The lowest BCUT2D eigenvalue weighted by molar-refractivity contribution is -0.147. The third-order valence-corrected chi connectivity index (χ3v) is 6.92. The van der Waals surface area contributed by atoms with Crippen molar-refractivity contribution in [3.63, 3.8) is 0 Å². The number of hydrogen-bond donors (Lipinski definition) is 2. The third kappa shape index (κ3) is 3.77. The number of carbonyl (C=O) groups is 3. The number of carbonyl (C=O) groups excluding carboxylic acids is 3. The summed E-state index contributed by atoms with van der Waals surface area (Å²) in [6, 6.07) is 5.47. The molecular formula is C23H32N4O3. The van der Waals surface area contributed by atoms with E-state index in [9.17, 15) is 14.4 Å². The predicted octanol–water partition coefficient (Wildman–Crippen LogP) is 2.65. The quantitative estimate of drug-likeness (QED) is 0.782. The molecule has 3 heterocycles. The van der Waals surface area contributed by atoms with Gasteiger partial charge in [-0.3, -0.25) is 14.4 Å². The molecule has 30 heavy (non-hydrogen) atoms. The van der Waals surface area contributed by atoms with E-state index in [1.165, 1.54) is 0 Å². The number of amides is 3. The summed E-state index contributed by atoms with van der Waals surface area (Å²) >= 11 is 0. The molecule has 0 aromatic heterocycles. The molecule has 2 N–H and O–H groups in total. The van der Waals surface area contributed by atoms with Crippen molar-refractivity contribution < 1.29 is 14.4 Å². The molecule has 0 radical (unpaired) electrons. The number of benzene rings is 1. The highest BCUT2D eigenvalue weighted by Gasteiger charge is 2.42. The van der Waals surface area contributed by atoms with Crippen molar-refractivity contribution in [1.29, 1.82) is 0 Å². The molecule has 2 saturated heterocycles. The summed E-state index contributed by atoms with van der Waals surface area (Å²) in [5.74, 6) is -0.104. The second kappa shape index (κ2) is 7.93. The van der Waals surface area contributed by atoms with Crippen molar-refractivity contribution in [3.8, 4) is 0 Å². The molecule has 3 aliphatic rings. The Bertz CT molecular complexity index is 870. The zero-order valence-corrected chi connectivity index (χ0v) is 18.2. The Morgan fingerprint density at radius 2 is 1.97 bits per heavy atom. The summed E-state index contributed by atoms with van der Waals surface area (Å²) in [6.45, 7) is 7.12. The highest BCUT2D eigenvalue weighted by molar-refractivity contribution is 6.02. The molecule has 0 bridgehead atoms. The van der Waals surface area contributed by atoms with Crippen LogP contribution in [0.4, 0.5) is 5.69 Å². The van der Waals surface area contributed by atoms with Crippen LogP contribution in [0, 0.1) is 6.92 Å². The van der Waals surface area contributed by atoms with E-state index in [2.05, 4.69) is 17.6 Å². The minimum absolute atomic E-state index is 0.0246. The summed E-state index contributed by atoms with van der Waals surface area (Å²) in [5.41, 5.74) is 1.85. The second-order valence-electron chi connectivity index (χ2n) is 9.10. The number of aryl methyl sites for hydroxylation is 1. The first-order valence-corrected chi connectivity index (χ1v) is 11.1. The van der Waals surface area contributed by atoms with Crippen LogP contribution in [0.25, 0.3) is 0 Å². The number of likely N-dealkylation sites (tertiary alicyclic amines) is 2. The van der Waals surface area contributed by atoms with Crippen LogP contribution in [-0.4, -0.2) is 58.4 Å². The van der Waals surface area contributed by atoms with Crippen LogP contribution >= 0.6 is 0 Å². The van der Waals surface area contributed by atoms with Crippen molar-refractivity contribution in [3.05, 3.63) is 29.3 Å². The van der Waals surface area contributed by atoms with Gasteiger partial charge >= 0.3 is 0 Å². The van der Waals surface area contributed by atoms with Crippen LogP contribution in [0.5, 0.6) is 0 Å². The lowest BCUT2D eigenvalue weighted by atomic mass is 9.94.